The van der Waals surface area contributed by atoms with Crippen LogP contribution in [0.1, 0.15) is 65.7 Å². The Morgan fingerprint density at radius 2 is 1.86 bits per heavy atom. The molecule has 1 rings (SSSR count). The molecule has 2 atom stereocenters. The summed E-state index contributed by atoms with van der Waals surface area (Å²) in [6, 6.07) is -0.0450. The molecule has 0 aromatic carbocycles. The Kier molecular flexibility index (Phi) is 6.99. The third-order valence-corrected chi connectivity index (χ3v) is 4.91. The van der Waals surface area contributed by atoms with Gasteiger partial charge in [0.25, 0.3) is 0 Å². The number of aliphatic carboxylic acids is 1. The van der Waals surface area contributed by atoms with Crippen LogP contribution in [-0.4, -0.2) is 29.7 Å². The number of carbonyl (C=O) groups is 2. The first kappa shape index (κ1) is 17.8. The normalized spacial score (nSPS) is 20.3. The molecule has 5 heteroatoms. The molecule has 1 saturated carbocycles. The molecule has 0 aromatic rings. The van der Waals surface area contributed by atoms with Gasteiger partial charge in [-0.1, -0.05) is 33.1 Å². The fourth-order valence-corrected chi connectivity index (χ4v) is 2.94. The standard InChI is InChI=1S/C16H30N2O3/c1-4-13(12-9-7-6-8-10-12)18-15(21)17-11-16(3,5-2)14(19)20/h12-13H,4-11H2,1-3H3,(H,19,20)(H2,17,18,21). The monoisotopic (exact) mass is 298 g/mol. The van der Waals surface area contributed by atoms with E-state index in [-0.39, 0.29) is 18.6 Å². The van der Waals surface area contributed by atoms with Crippen LogP contribution in [0, 0.1) is 11.3 Å². The smallest absolute Gasteiger partial charge is 0.315 e. The average Bonchev–Trinajstić information content (AvgIpc) is 2.50. The number of hydrogen-bond acceptors (Lipinski definition) is 2. The van der Waals surface area contributed by atoms with Crippen molar-refractivity contribution in [1.82, 2.24) is 10.6 Å². The van der Waals surface area contributed by atoms with Crippen molar-refractivity contribution in [2.45, 2.75) is 71.8 Å². The van der Waals surface area contributed by atoms with E-state index in [9.17, 15) is 14.7 Å². The Labute approximate surface area is 127 Å². The van der Waals surface area contributed by atoms with E-state index >= 15 is 0 Å². The van der Waals surface area contributed by atoms with Crippen LogP contribution < -0.4 is 10.6 Å². The lowest BCUT2D eigenvalue weighted by Crippen LogP contribution is -2.49. The second-order valence-corrected chi connectivity index (χ2v) is 6.46. The third-order valence-electron chi connectivity index (χ3n) is 4.91. The van der Waals surface area contributed by atoms with Crippen LogP contribution in [0.5, 0.6) is 0 Å². The van der Waals surface area contributed by atoms with E-state index in [1.807, 2.05) is 6.92 Å². The molecule has 2 unspecified atom stereocenters. The molecule has 122 valence electrons. The van der Waals surface area contributed by atoms with Gasteiger partial charge in [0.15, 0.2) is 0 Å². The van der Waals surface area contributed by atoms with Gasteiger partial charge in [0.1, 0.15) is 0 Å². The summed E-state index contributed by atoms with van der Waals surface area (Å²) in [6.07, 6.45) is 7.56. The third kappa shape index (κ3) is 5.21. The Hall–Kier alpha value is -1.26. The molecular weight excluding hydrogens is 268 g/mol. The van der Waals surface area contributed by atoms with Crippen LogP contribution in [0.2, 0.25) is 0 Å². The quantitative estimate of drug-likeness (QED) is 0.675. The maximum Gasteiger partial charge on any atom is 0.315 e. The average molecular weight is 298 g/mol. The van der Waals surface area contributed by atoms with E-state index in [0.29, 0.717) is 12.3 Å². The van der Waals surface area contributed by atoms with Gasteiger partial charge in [0.2, 0.25) is 0 Å². The van der Waals surface area contributed by atoms with Crippen molar-refractivity contribution in [1.29, 1.82) is 0 Å². The van der Waals surface area contributed by atoms with Crippen LogP contribution in [0.25, 0.3) is 0 Å². The van der Waals surface area contributed by atoms with Gasteiger partial charge in [-0.15, -0.1) is 0 Å². The molecule has 0 radical (unpaired) electrons. The lowest BCUT2D eigenvalue weighted by molar-refractivity contribution is -0.147. The molecule has 1 aliphatic rings. The molecule has 0 bridgehead atoms. The summed E-state index contributed by atoms with van der Waals surface area (Å²) in [7, 11) is 0. The number of carbonyl (C=O) groups excluding carboxylic acids is 1. The molecule has 0 spiro atoms. The molecule has 0 aliphatic heterocycles. The Bertz CT molecular complexity index is 353. The zero-order valence-electron chi connectivity index (χ0n) is 13.6. The number of hydrogen-bond donors (Lipinski definition) is 3. The van der Waals surface area contributed by atoms with Gasteiger partial charge in [0.05, 0.1) is 5.41 Å². The highest BCUT2D eigenvalue weighted by atomic mass is 16.4. The maximum atomic E-state index is 12.0. The van der Waals surface area contributed by atoms with Crippen LogP contribution in [0.4, 0.5) is 4.79 Å². The van der Waals surface area contributed by atoms with E-state index in [4.69, 9.17) is 0 Å². The minimum atomic E-state index is -0.899. The molecule has 3 N–H and O–H groups in total. The van der Waals surface area contributed by atoms with E-state index in [1.54, 1.807) is 6.92 Å². The van der Waals surface area contributed by atoms with Gasteiger partial charge >= 0.3 is 12.0 Å². The van der Waals surface area contributed by atoms with Crippen LogP contribution in [-0.2, 0) is 4.79 Å². The van der Waals surface area contributed by atoms with Crippen molar-refractivity contribution < 1.29 is 14.7 Å². The SMILES string of the molecule is CCC(NC(=O)NCC(C)(CC)C(=O)O)C1CCCCC1. The number of amides is 2. The molecule has 5 nitrogen and oxygen atoms in total. The zero-order valence-corrected chi connectivity index (χ0v) is 13.6. The molecule has 2 amide bonds. The highest BCUT2D eigenvalue weighted by Crippen LogP contribution is 2.27. The summed E-state index contributed by atoms with van der Waals surface area (Å²) in [5.74, 6) is -0.309. The van der Waals surface area contributed by atoms with E-state index in [2.05, 4.69) is 17.6 Å². The molecule has 0 saturated heterocycles. The van der Waals surface area contributed by atoms with Gasteiger partial charge < -0.3 is 15.7 Å². The largest absolute Gasteiger partial charge is 0.481 e. The summed E-state index contributed by atoms with van der Waals surface area (Å²) in [6.45, 7) is 5.73. The molecule has 21 heavy (non-hydrogen) atoms. The number of carboxylic acid groups (broad SMARTS) is 1. The summed E-state index contributed by atoms with van der Waals surface area (Å²) in [5, 5.41) is 15.0. The van der Waals surface area contributed by atoms with Crippen molar-refractivity contribution in [3.8, 4) is 0 Å². The molecule has 0 heterocycles. The van der Waals surface area contributed by atoms with Crippen molar-refractivity contribution >= 4 is 12.0 Å². The van der Waals surface area contributed by atoms with Crippen molar-refractivity contribution in [2.24, 2.45) is 11.3 Å². The summed E-state index contributed by atoms with van der Waals surface area (Å²) in [5.41, 5.74) is -0.899. The zero-order chi connectivity index (χ0) is 15.9. The van der Waals surface area contributed by atoms with Gasteiger partial charge in [-0.2, -0.15) is 0 Å². The topological polar surface area (TPSA) is 78.4 Å². The van der Waals surface area contributed by atoms with Gasteiger partial charge in [-0.3, -0.25) is 4.79 Å². The number of nitrogens with one attached hydrogen (secondary N) is 2. The second-order valence-electron chi connectivity index (χ2n) is 6.46. The molecule has 1 fully saturated rings. The fraction of sp³-hybridized carbons (Fsp3) is 0.875. The first-order valence-electron chi connectivity index (χ1n) is 8.20. The number of rotatable bonds is 7. The van der Waals surface area contributed by atoms with E-state index in [0.717, 1.165) is 6.42 Å². The molecular formula is C16H30N2O3. The van der Waals surface area contributed by atoms with Crippen LogP contribution in [0.15, 0.2) is 0 Å². The fourth-order valence-electron chi connectivity index (χ4n) is 2.94. The van der Waals surface area contributed by atoms with Gasteiger partial charge in [0, 0.05) is 12.6 Å². The van der Waals surface area contributed by atoms with Crippen molar-refractivity contribution in [2.75, 3.05) is 6.54 Å². The predicted octanol–water partition coefficient (Wildman–Crippen LogP) is 3.15. The summed E-state index contributed by atoms with van der Waals surface area (Å²) in [4.78, 5) is 23.2. The highest BCUT2D eigenvalue weighted by molar-refractivity contribution is 5.77. The maximum absolute atomic E-state index is 12.0. The Morgan fingerprint density at radius 1 is 1.24 bits per heavy atom. The molecule has 0 aromatic heterocycles. The summed E-state index contributed by atoms with van der Waals surface area (Å²) < 4.78 is 0. The van der Waals surface area contributed by atoms with E-state index in [1.165, 1.54) is 32.1 Å². The van der Waals surface area contributed by atoms with Crippen molar-refractivity contribution in [3.63, 3.8) is 0 Å². The minimum absolute atomic E-state index is 0.158. The predicted molar refractivity (Wildman–Crippen MR) is 83.2 cm³/mol. The van der Waals surface area contributed by atoms with E-state index < -0.39 is 11.4 Å². The molecule has 1 aliphatic carbocycles. The van der Waals surface area contributed by atoms with Gasteiger partial charge in [-0.05, 0) is 38.5 Å². The highest BCUT2D eigenvalue weighted by Gasteiger charge is 2.32. The second kappa shape index (κ2) is 8.25. The first-order chi connectivity index (χ1) is 9.92. The first-order valence-corrected chi connectivity index (χ1v) is 8.20. The number of urea groups is 1. The van der Waals surface area contributed by atoms with Crippen LogP contribution in [0.3, 0.4) is 0 Å². The van der Waals surface area contributed by atoms with Crippen molar-refractivity contribution in [3.05, 3.63) is 0 Å². The lowest BCUT2D eigenvalue weighted by Gasteiger charge is -2.31. The Balaban J connectivity index is 2.45. The van der Waals surface area contributed by atoms with Gasteiger partial charge in [-0.25, -0.2) is 4.79 Å². The number of carboxylic acids is 1. The van der Waals surface area contributed by atoms with Crippen LogP contribution >= 0.6 is 0 Å². The summed E-state index contributed by atoms with van der Waals surface area (Å²) >= 11 is 0. The Morgan fingerprint density at radius 3 is 2.33 bits per heavy atom. The lowest BCUT2D eigenvalue weighted by atomic mass is 9.83. The minimum Gasteiger partial charge on any atom is -0.481 e.